The summed E-state index contributed by atoms with van der Waals surface area (Å²) in [7, 11) is 1.51. The summed E-state index contributed by atoms with van der Waals surface area (Å²) in [6.07, 6.45) is -0.389. The molecule has 0 bridgehead atoms. The highest BCUT2D eigenvalue weighted by atomic mass is 35.5. The molecule has 1 heterocycles. The first-order valence-corrected chi connectivity index (χ1v) is 4.67. The van der Waals surface area contributed by atoms with Gasteiger partial charge in [0.25, 0.3) is 0 Å². The van der Waals surface area contributed by atoms with Crippen molar-refractivity contribution >= 4 is 28.7 Å². The van der Waals surface area contributed by atoms with Crippen molar-refractivity contribution in [2.45, 2.75) is 13.0 Å². The van der Waals surface area contributed by atoms with Crippen molar-refractivity contribution in [3.8, 4) is 0 Å². The van der Waals surface area contributed by atoms with Crippen LogP contribution in [0.25, 0.3) is 0 Å². The molecule has 0 radical (unpaired) electrons. The molecule has 0 spiro atoms. The highest BCUT2D eigenvalue weighted by Gasteiger charge is 2.15. The van der Waals surface area contributed by atoms with Crippen LogP contribution >= 0.6 is 22.9 Å². The Morgan fingerprint density at radius 1 is 1.67 bits per heavy atom. The molecule has 0 saturated heterocycles. The normalized spacial score (nSPS) is 12.9. The zero-order chi connectivity index (χ0) is 9.14. The molecular formula is C8H9ClO2S. The molecule has 4 heteroatoms. The van der Waals surface area contributed by atoms with Gasteiger partial charge in [0.15, 0.2) is 0 Å². The number of Topliss-reactive ketones (excluding diaryl/α,β-unsaturated/α-hetero) is 1. The molecule has 12 heavy (non-hydrogen) atoms. The maximum Gasteiger partial charge on any atom is 0.201 e. The Bertz CT molecular complexity index is 282. The van der Waals surface area contributed by atoms with E-state index in [1.807, 2.05) is 0 Å². The maximum atomic E-state index is 11.4. The lowest BCUT2D eigenvalue weighted by Crippen LogP contribution is -2.17. The molecule has 0 aromatic carbocycles. The lowest BCUT2D eigenvalue weighted by atomic mass is 10.2. The maximum absolute atomic E-state index is 11.4. The van der Waals surface area contributed by atoms with Crippen LogP contribution in [0.1, 0.15) is 16.6 Å². The van der Waals surface area contributed by atoms with Crippen LogP contribution in [0, 0.1) is 0 Å². The fourth-order valence-corrected chi connectivity index (χ4v) is 1.82. The largest absolute Gasteiger partial charge is 0.374 e. The van der Waals surface area contributed by atoms with Gasteiger partial charge in [0, 0.05) is 7.11 Å². The van der Waals surface area contributed by atoms with Crippen LogP contribution in [-0.4, -0.2) is 19.0 Å². The summed E-state index contributed by atoms with van der Waals surface area (Å²) in [6.45, 7) is 1.72. The summed E-state index contributed by atoms with van der Waals surface area (Å²) in [4.78, 5) is 12.1. The number of rotatable bonds is 3. The van der Waals surface area contributed by atoms with E-state index >= 15 is 0 Å². The second-order valence-electron chi connectivity index (χ2n) is 2.35. The van der Waals surface area contributed by atoms with E-state index in [9.17, 15) is 4.79 Å². The molecule has 0 saturated carbocycles. The Morgan fingerprint density at radius 3 is 2.75 bits per heavy atom. The van der Waals surface area contributed by atoms with E-state index in [0.717, 1.165) is 0 Å². The standard InChI is InChI=1S/C8H9ClO2S/c1-5(11-2)8(10)6-3-4-7(9)12-6/h3-5H,1-2H3. The van der Waals surface area contributed by atoms with Gasteiger partial charge in [-0.25, -0.2) is 0 Å². The first-order chi connectivity index (χ1) is 5.65. The molecule has 0 aliphatic heterocycles. The van der Waals surface area contributed by atoms with Crippen LogP contribution in [-0.2, 0) is 4.74 Å². The van der Waals surface area contributed by atoms with Crippen molar-refractivity contribution in [3.05, 3.63) is 21.3 Å². The third-order valence-corrected chi connectivity index (χ3v) is 2.78. The summed E-state index contributed by atoms with van der Waals surface area (Å²) in [5.41, 5.74) is 0. The number of thiophene rings is 1. The Morgan fingerprint density at radius 2 is 2.33 bits per heavy atom. The minimum Gasteiger partial charge on any atom is -0.374 e. The van der Waals surface area contributed by atoms with Crippen LogP contribution < -0.4 is 0 Å². The van der Waals surface area contributed by atoms with Crippen LogP contribution in [0.4, 0.5) is 0 Å². The quantitative estimate of drug-likeness (QED) is 0.708. The number of hydrogen-bond donors (Lipinski definition) is 0. The first-order valence-electron chi connectivity index (χ1n) is 3.47. The minimum absolute atomic E-state index is 0.0191. The average molecular weight is 205 g/mol. The first kappa shape index (κ1) is 9.71. The van der Waals surface area contributed by atoms with Crippen LogP contribution in [0.15, 0.2) is 12.1 Å². The summed E-state index contributed by atoms with van der Waals surface area (Å²) >= 11 is 6.95. The van der Waals surface area contributed by atoms with E-state index in [4.69, 9.17) is 16.3 Å². The number of methoxy groups -OCH3 is 1. The SMILES string of the molecule is COC(C)C(=O)c1ccc(Cl)s1. The molecule has 66 valence electrons. The lowest BCUT2D eigenvalue weighted by molar-refractivity contribution is 0.0660. The van der Waals surface area contributed by atoms with E-state index in [0.29, 0.717) is 9.21 Å². The van der Waals surface area contributed by atoms with Gasteiger partial charge in [0.2, 0.25) is 5.78 Å². The van der Waals surface area contributed by atoms with Gasteiger partial charge in [-0.2, -0.15) is 0 Å². The van der Waals surface area contributed by atoms with Crippen molar-refractivity contribution in [2.75, 3.05) is 7.11 Å². The summed E-state index contributed by atoms with van der Waals surface area (Å²) in [5, 5.41) is 0. The summed E-state index contributed by atoms with van der Waals surface area (Å²) < 4.78 is 5.52. The van der Waals surface area contributed by atoms with Gasteiger partial charge in [-0.3, -0.25) is 4.79 Å². The highest BCUT2D eigenvalue weighted by molar-refractivity contribution is 7.18. The van der Waals surface area contributed by atoms with Gasteiger partial charge in [-0.15, -0.1) is 11.3 Å². The molecule has 0 fully saturated rings. The van der Waals surface area contributed by atoms with Gasteiger partial charge in [0.1, 0.15) is 6.10 Å². The fourth-order valence-electron chi connectivity index (χ4n) is 0.754. The number of carbonyl (C=O) groups excluding carboxylic acids is 1. The highest BCUT2D eigenvalue weighted by Crippen LogP contribution is 2.22. The van der Waals surface area contributed by atoms with Gasteiger partial charge >= 0.3 is 0 Å². The molecule has 1 unspecified atom stereocenters. The van der Waals surface area contributed by atoms with Crippen molar-refractivity contribution in [2.24, 2.45) is 0 Å². The van der Waals surface area contributed by atoms with Crippen molar-refractivity contribution in [1.29, 1.82) is 0 Å². The number of hydrogen-bond acceptors (Lipinski definition) is 3. The van der Waals surface area contributed by atoms with Crippen molar-refractivity contribution < 1.29 is 9.53 Å². The molecule has 1 rings (SSSR count). The van der Waals surface area contributed by atoms with Crippen LogP contribution in [0.2, 0.25) is 4.34 Å². The molecule has 1 atom stereocenters. The number of ether oxygens (including phenoxy) is 1. The van der Waals surface area contributed by atoms with Gasteiger partial charge < -0.3 is 4.74 Å². The van der Waals surface area contributed by atoms with E-state index in [-0.39, 0.29) is 11.9 Å². The fraction of sp³-hybridized carbons (Fsp3) is 0.375. The molecule has 2 nitrogen and oxygen atoms in total. The van der Waals surface area contributed by atoms with Crippen molar-refractivity contribution in [3.63, 3.8) is 0 Å². The summed E-state index contributed by atoms with van der Waals surface area (Å²) in [6, 6.07) is 3.42. The number of halogens is 1. The Balaban J connectivity index is 2.78. The second-order valence-corrected chi connectivity index (χ2v) is 4.06. The van der Waals surface area contributed by atoms with E-state index in [2.05, 4.69) is 0 Å². The molecule has 0 amide bonds. The number of carbonyl (C=O) groups is 1. The Kier molecular flexibility index (Phi) is 3.26. The zero-order valence-electron chi connectivity index (χ0n) is 6.83. The Labute approximate surface area is 80.1 Å². The third-order valence-electron chi connectivity index (χ3n) is 1.54. The smallest absolute Gasteiger partial charge is 0.201 e. The molecule has 1 aromatic heterocycles. The lowest BCUT2D eigenvalue weighted by Gasteiger charge is -2.04. The molecular weight excluding hydrogens is 196 g/mol. The third kappa shape index (κ3) is 2.06. The average Bonchev–Trinajstić information content (AvgIpc) is 2.49. The van der Waals surface area contributed by atoms with Crippen LogP contribution in [0.3, 0.4) is 0 Å². The predicted molar refractivity (Wildman–Crippen MR) is 50.1 cm³/mol. The van der Waals surface area contributed by atoms with Gasteiger partial charge in [-0.1, -0.05) is 11.6 Å². The minimum atomic E-state index is -0.389. The Hall–Kier alpha value is -0.380. The van der Waals surface area contributed by atoms with Gasteiger partial charge in [-0.05, 0) is 19.1 Å². The second kappa shape index (κ2) is 4.03. The summed E-state index contributed by atoms with van der Waals surface area (Å²) in [5.74, 6) is -0.0191. The van der Waals surface area contributed by atoms with Crippen molar-refractivity contribution in [1.82, 2.24) is 0 Å². The van der Waals surface area contributed by atoms with E-state index in [1.165, 1.54) is 18.4 Å². The molecule has 0 aliphatic carbocycles. The van der Waals surface area contributed by atoms with E-state index < -0.39 is 0 Å². The molecule has 0 aliphatic rings. The van der Waals surface area contributed by atoms with Crippen LogP contribution in [0.5, 0.6) is 0 Å². The predicted octanol–water partition coefficient (Wildman–Crippen LogP) is 2.62. The number of ketones is 1. The molecule has 1 aromatic rings. The van der Waals surface area contributed by atoms with E-state index in [1.54, 1.807) is 19.1 Å². The topological polar surface area (TPSA) is 26.3 Å². The molecule has 0 N–H and O–H groups in total. The zero-order valence-corrected chi connectivity index (χ0v) is 8.41. The monoisotopic (exact) mass is 204 g/mol. The van der Waals surface area contributed by atoms with Gasteiger partial charge in [0.05, 0.1) is 9.21 Å².